The standard InChI is InChI=1S/C22H20F3N5O3S/c23-22(24,25)16-5-3-6-17(15-16)34(32,33)28-19-8-2-1-7-18(19)20(31)29-11-13-30(14-12-29)21-26-9-4-10-27-21/h1-10,15,28H,11-14H2. The van der Waals surface area contributed by atoms with Gasteiger partial charge in [0.1, 0.15) is 0 Å². The fourth-order valence-electron chi connectivity index (χ4n) is 3.54. The molecule has 0 radical (unpaired) electrons. The minimum atomic E-state index is -4.69. The Labute approximate surface area is 194 Å². The summed E-state index contributed by atoms with van der Waals surface area (Å²) in [5.74, 6) is 0.166. The maximum absolute atomic E-state index is 13.2. The molecule has 0 bridgehead atoms. The van der Waals surface area contributed by atoms with Crippen LogP contribution in [0.25, 0.3) is 0 Å². The molecule has 1 fully saturated rings. The first-order valence-electron chi connectivity index (χ1n) is 10.3. The molecule has 1 saturated heterocycles. The van der Waals surface area contributed by atoms with Crippen molar-refractivity contribution in [3.8, 4) is 0 Å². The second kappa shape index (κ2) is 9.29. The van der Waals surface area contributed by atoms with Crippen LogP contribution >= 0.6 is 0 Å². The number of nitrogens with one attached hydrogen (secondary N) is 1. The number of para-hydroxylation sites is 1. The van der Waals surface area contributed by atoms with Crippen molar-refractivity contribution in [1.29, 1.82) is 0 Å². The summed E-state index contributed by atoms with van der Waals surface area (Å²) in [6.45, 7) is 1.72. The molecule has 0 aliphatic carbocycles. The lowest BCUT2D eigenvalue weighted by Crippen LogP contribution is -2.49. The highest BCUT2D eigenvalue weighted by molar-refractivity contribution is 7.92. The number of amides is 1. The zero-order chi connectivity index (χ0) is 24.3. The molecule has 0 spiro atoms. The average Bonchev–Trinajstić information content (AvgIpc) is 2.84. The quantitative estimate of drug-likeness (QED) is 0.589. The number of carbonyl (C=O) groups is 1. The van der Waals surface area contributed by atoms with E-state index in [9.17, 15) is 26.4 Å². The van der Waals surface area contributed by atoms with Gasteiger partial charge in [-0.3, -0.25) is 9.52 Å². The molecule has 1 amide bonds. The van der Waals surface area contributed by atoms with Crippen molar-refractivity contribution in [1.82, 2.24) is 14.9 Å². The molecular weight excluding hydrogens is 471 g/mol. The zero-order valence-electron chi connectivity index (χ0n) is 17.7. The summed E-state index contributed by atoms with van der Waals surface area (Å²) in [4.78, 5) is 24.5. The number of aromatic nitrogens is 2. The maximum Gasteiger partial charge on any atom is 0.416 e. The molecule has 1 aromatic heterocycles. The highest BCUT2D eigenvalue weighted by Gasteiger charge is 2.32. The number of alkyl halides is 3. The molecule has 1 aliphatic rings. The summed E-state index contributed by atoms with van der Waals surface area (Å²) in [5, 5.41) is 0. The van der Waals surface area contributed by atoms with E-state index in [4.69, 9.17) is 0 Å². The molecule has 0 saturated carbocycles. The van der Waals surface area contributed by atoms with Crippen LogP contribution in [0.5, 0.6) is 0 Å². The van der Waals surface area contributed by atoms with Crippen molar-refractivity contribution in [2.45, 2.75) is 11.1 Å². The summed E-state index contributed by atoms with van der Waals surface area (Å²) >= 11 is 0. The van der Waals surface area contributed by atoms with Crippen LogP contribution in [0.2, 0.25) is 0 Å². The van der Waals surface area contributed by atoms with E-state index in [2.05, 4.69) is 14.7 Å². The van der Waals surface area contributed by atoms with Gasteiger partial charge in [-0.1, -0.05) is 18.2 Å². The van der Waals surface area contributed by atoms with Gasteiger partial charge in [0.25, 0.3) is 15.9 Å². The van der Waals surface area contributed by atoms with Gasteiger partial charge in [0.2, 0.25) is 5.95 Å². The Bertz CT molecular complexity index is 1280. The van der Waals surface area contributed by atoms with Crippen molar-refractivity contribution < 1.29 is 26.4 Å². The number of benzene rings is 2. The molecule has 3 aromatic rings. The molecule has 1 aliphatic heterocycles. The fraction of sp³-hybridized carbons (Fsp3) is 0.227. The number of carbonyl (C=O) groups excluding carboxylic acids is 1. The van der Waals surface area contributed by atoms with Gasteiger partial charge in [0.05, 0.1) is 21.7 Å². The lowest BCUT2D eigenvalue weighted by atomic mass is 10.1. The molecule has 2 heterocycles. The van der Waals surface area contributed by atoms with E-state index in [1.165, 1.54) is 18.2 Å². The van der Waals surface area contributed by atoms with E-state index >= 15 is 0 Å². The SMILES string of the molecule is O=C(c1ccccc1NS(=O)(=O)c1cccc(C(F)(F)F)c1)N1CCN(c2ncccn2)CC1. The first-order valence-corrected chi connectivity index (χ1v) is 11.7. The Morgan fingerprint density at radius 1 is 0.912 bits per heavy atom. The Morgan fingerprint density at radius 3 is 2.26 bits per heavy atom. The van der Waals surface area contributed by atoms with Crippen molar-refractivity contribution in [3.63, 3.8) is 0 Å². The van der Waals surface area contributed by atoms with Crippen LogP contribution in [0.4, 0.5) is 24.8 Å². The number of halogens is 3. The topological polar surface area (TPSA) is 95.5 Å². The Kier molecular flexibility index (Phi) is 6.42. The summed E-state index contributed by atoms with van der Waals surface area (Å²) in [7, 11) is -4.37. The van der Waals surface area contributed by atoms with Gasteiger partial charge in [-0.2, -0.15) is 13.2 Å². The van der Waals surface area contributed by atoms with E-state index in [-0.39, 0.29) is 11.3 Å². The third kappa shape index (κ3) is 5.11. The van der Waals surface area contributed by atoms with Crippen molar-refractivity contribution in [2.75, 3.05) is 35.8 Å². The minimum Gasteiger partial charge on any atom is -0.337 e. The second-order valence-corrected chi connectivity index (χ2v) is 9.19. The molecule has 178 valence electrons. The predicted molar refractivity (Wildman–Crippen MR) is 119 cm³/mol. The average molecular weight is 491 g/mol. The number of rotatable bonds is 5. The molecule has 2 aromatic carbocycles. The van der Waals surface area contributed by atoms with Crippen LogP contribution in [0, 0.1) is 0 Å². The normalized spacial score (nSPS) is 14.7. The van der Waals surface area contributed by atoms with Crippen molar-refractivity contribution in [3.05, 3.63) is 78.1 Å². The van der Waals surface area contributed by atoms with E-state index in [1.54, 1.807) is 29.4 Å². The third-order valence-electron chi connectivity index (χ3n) is 5.28. The second-order valence-electron chi connectivity index (χ2n) is 7.50. The van der Waals surface area contributed by atoms with Crippen molar-refractivity contribution in [2.24, 2.45) is 0 Å². The van der Waals surface area contributed by atoms with Gasteiger partial charge in [-0.05, 0) is 36.4 Å². The van der Waals surface area contributed by atoms with Gasteiger partial charge in [-0.25, -0.2) is 18.4 Å². The van der Waals surface area contributed by atoms with Gasteiger partial charge in [0, 0.05) is 38.6 Å². The molecule has 0 unspecified atom stereocenters. The zero-order valence-corrected chi connectivity index (χ0v) is 18.6. The molecule has 1 N–H and O–H groups in total. The maximum atomic E-state index is 13.2. The number of sulfonamides is 1. The van der Waals surface area contributed by atoms with Gasteiger partial charge >= 0.3 is 6.18 Å². The van der Waals surface area contributed by atoms with Crippen LogP contribution in [0.1, 0.15) is 15.9 Å². The van der Waals surface area contributed by atoms with Crippen LogP contribution in [-0.4, -0.2) is 55.4 Å². The Morgan fingerprint density at radius 2 is 1.59 bits per heavy atom. The third-order valence-corrected chi connectivity index (χ3v) is 6.64. The number of nitrogens with zero attached hydrogens (tertiary/aromatic N) is 4. The van der Waals surface area contributed by atoms with Crippen molar-refractivity contribution >= 4 is 27.6 Å². The fourth-order valence-corrected chi connectivity index (χ4v) is 4.66. The number of piperazine rings is 1. The van der Waals surface area contributed by atoms with Crippen LogP contribution < -0.4 is 9.62 Å². The predicted octanol–water partition coefficient (Wildman–Crippen LogP) is 3.26. The summed E-state index contributed by atoms with van der Waals surface area (Å²) in [5.41, 5.74) is -0.999. The molecule has 0 atom stereocenters. The highest BCUT2D eigenvalue weighted by atomic mass is 32.2. The first kappa shape index (κ1) is 23.5. The molecule has 8 nitrogen and oxygen atoms in total. The highest BCUT2D eigenvalue weighted by Crippen LogP contribution is 2.31. The van der Waals surface area contributed by atoms with Gasteiger partial charge < -0.3 is 9.80 Å². The summed E-state index contributed by atoms with van der Waals surface area (Å²) < 4.78 is 66.9. The number of hydrogen-bond donors (Lipinski definition) is 1. The minimum absolute atomic E-state index is 0.0151. The lowest BCUT2D eigenvalue weighted by Gasteiger charge is -2.35. The monoisotopic (exact) mass is 491 g/mol. The smallest absolute Gasteiger partial charge is 0.337 e. The van der Waals surface area contributed by atoms with Gasteiger partial charge in [-0.15, -0.1) is 0 Å². The Balaban J connectivity index is 1.52. The van der Waals surface area contributed by atoms with Crippen LogP contribution in [0.15, 0.2) is 71.9 Å². The molecule has 12 heteroatoms. The molecular formula is C22H20F3N5O3S. The van der Waals surface area contributed by atoms with Gasteiger partial charge in [0.15, 0.2) is 0 Å². The number of hydrogen-bond acceptors (Lipinski definition) is 6. The van der Waals surface area contributed by atoms with E-state index in [1.807, 2.05) is 4.90 Å². The molecule has 4 rings (SSSR count). The lowest BCUT2D eigenvalue weighted by molar-refractivity contribution is -0.137. The van der Waals surface area contributed by atoms with E-state index < -0.39 is 32.6 Å². The summed E-state index contributed by atoms with van der Waals surface area (Å²) in [6, 6.07) is 11.1. The van der Waals surface area contributed by atoms with E-state index in [0.29, 0.717) is 38.2 Å². The Hall–Kier alpha value is -3.67. The summed E-state index contributed by atoms with van der Waals surface area (Å²) in [6.07, 6.45) is -1.43. The number of anilines is 2. The largest absolute Gasteiger partial charge is 0.416 e. The van der Waals surface area contributed by atoms with E-state index in [0.717, 1.165) is 18.2 Å². The molecule has 34 heavy (non-hydrogen) atoms. The first-order chi connectivity index (χ1) is 16.1. The van der Waals surface area contributed by atoms with Crippen LogP contribution in [-0.2, 0) is 16.2 Å². The van der Waals surface area contributed by atoms with Crippen LogP contribution in [0.3, 0.4) is 0 Å².